The lowest BCUT2D eigenvalue weighted by Gasteiger charge is -2.28. The van der Waals surface area contributed by atoms with Crippen molar-refractivity contribution in [3.05, 3.63) is 113 Å². The molecule has 0 amide bonds. The highest BCUT2D eigenvalue weighted by molar-refractivity contribution is 5.90. The van der Waals surface area contributed by atoms with Gasteiger partial charge in [-0.1, -0.05) is 61.2 Å². The second-order valence-electron chi connectivity index (χ2n) is 7.97. The van der Waals surface area contributed by atoms with Crippen LogP contribution in [0.3, 0.4) is 0 Å². The number of nitrogens with one attached hydrogen (secondary N) is 1. The van der Waals surface area contributed by atoms with Crippen molar-refractivity contribution < 1.29 is 14.3 Å². The van der Waals surface area contributed by atoms with Crippen molar-refractivity contribution in [2.75, 3.05) is 6.61 Å². The monoisotopic (exact) mass is 423 g/mol. The third-order valence-corrected chi connectivity index (χ3v) is 5.76. The molecular weight excluding hydrogens is 402 g/mol. The fraction of sp³-hybridized carbons (Fsp3) is 0.111. The molecule has 158 valence electrons. The first-order chi connectivity index (χ1) is 15.5. The SMILES string of the molecule is C=C1CC(COc2ccc3ccc(=O)[nH]c3c2)(c2ccc(-c3ccccc3)cc2)OC1=O. The highest BCUT2D eigenvalue weighted by Crippen LogP contribution is 2.40. The number of aromatic amines is 1. The quantitative estimate of drug-likeness (QED) is 0.363. The average molecular weight is 423 g/mol. The second-order valence-corrected chi connectivity index (χ2v) is 7.97. The van der Waals surface area contributed by atoms with Crippen LogP contribution in [-0.2, 0) is 15.1 Å². The fourth-order valence-electron chi connectivity index (χ4n) is 4.04. The molecule has 1 fully saturated rings. The number of pyridine rings is 1. The second kappa shape index (κ2) is 7.85. The minimum atomic E-state index is -0.956. The van der Waals surface area contributed by atoms with Crippen molar-refractivity contribution in [2.24, 2.45) is 0 Å². The van der Waals surface area contributed by atoms with E-state index in [1.54, 1.807) is 12.1 Å². The molecule has 1 atom stereocenters. The maximum atomic E-state index is 12.3. The summed E-state index contributed by atoms with van der Waals surface area (Å²) in [5, 5.41) is 0.906. The van der Waals surface area contributed by atoms with Gasteiger partial charge in [-0.2, -0.15) is 0 Å². The van der Waals surface area contributed by atoms with Gasteiger partial charge in [0.1, 0.15) is 12.4 Å². The zero-order valence-electron chi connectivity index (χ0n) is 17.3. The predicted octanol–water partition coefficient (Wildman–Crippen LogP) is 4.97. The van der Waals surface area contributed by atoms with E-state index in [0.717, 1.165) is 22.1 Å². The Morgan fingerprint density at radius 2 is 1.62 bits per heavy atom. The van der Waals surface area contributed by atoms with Crippen LogP contribution >= 0.6 is 0 Å². The summed E-state index contributed by atoms with van der Waals surface area (Å²) in [6.07, 6.45) is 0.348. The van der Waals surface area contributed by atoms with Crippen molar-refractivity contribution in [2.45, 2.75) is 12.0 Å². The predicted molar refractivity (Wildman–Crippen MR) is 123 cm³/mol. The van der Waals surface area contributed by atoms with Gasteiger partial charge < -0.3 is 14.5 Å². The number of hydrogen-bond donors (Lipinski definition) is 1. The summed E-state index contributed by atoms with van der Waals surface area (Å²) in [4.78, 5) is 26.7. The maximum Gasteiger partial charge on any atom is 0.334 e. The van der Waals surface area contributed by atoms with Gasteiger partial charge >= 0.3 is 5.97 Å². The number of ether oxygens (including phenoxy) is 2. The van der Waals surface area contributed by atoms with Gasteiger partial charge in [-0.25, -0.2) is 4.79 Å². The number of carbonyl (C=O) groups excluding carboxylic acids is 1. The molecule has 0 bridgehead atoms. The minimum Gasteiger partial charge on any atom is -0.489 e. The highest BCUT2D eigenvalue weighted by atomic mass is 16.6. The average Bonchev–Trinajstić information content (AvgIpc) is 3.12. The molecule has 1 aliphatic rings. The molecule has 1 saturated heterocycles. The Morgan fingerprint density at radius 1 is 0.906 bits per heavy atom. The van der Waals surface area contributed by atoms with Gasteiger partial charge in [0, 0.05) is 24.1 Å². The van der Waals surface area contributed by atoms with E-state index in [1.807, 2.05) is 54.6 Å². The van der Waals surface area contributed by atoms with Gasteiger partial charge in [0.05, 0.1) is 5.52 Å². The molecule has 1 unspecified atom stereocenters. The summed E-state index contributed by atoms with van der Waals surface area (Å²) in [7, 11) is 0. The smallest absolute Gasteiger partial charge is 0.334 e. The molecule has 2 heterocycles. The number of carbonyl (C=O) groups is 1. The Labute approximate surface area is 184 Å². The van der Waals surface area contributed by atoms with E-state index in [0.29, 0.717) is 23.3 Å². The fourth-order valence-corrected chi connectivity index (χ4v) is 4.04. The van der Waals surface area contributed by atoms with E-state index in [2.05, 4.69) is 23.7 Å². The first-order valence-electron chi connectivity index (χ1n) is 10.4. The number of H-pyrrole nitrogens is 1. The van der Waals surface area contributed by atoms with E-state index in [9.17, 15) is 9.59 Å². The summed E-state index contributed by atoms with van der Waals surface area (Å²) in [5.41, 5.74) is 3.01. The Hall–Kier alpha value is -4.12. The number of fused-ring (bicyclic) bond motifs is 1. The Balaban J connectivity index is 1.44. The van der Waals surface area contributed by atoms with Gasteiger partial charge in [-0.3, -0.25) is 4.79 Å². The van der Waals surface area contributed by atoms with E-state index >= 15 is 0 Å². The Kier molecular flexibility index (Phi) is 4.86. The zero-order valence-corrected chi connectivity index (χ0v) is 17.3. The van der Waals surface area contributed by atoms with Crippen molar-refractivity contribution >= 4 is 16.9 Å². The standard InChI is InChI=1S/C27H21NO4/c1-18-16-27(32-26(18)30,22-11-7-20(8-12-22)19-5-3-2-4-6-19)17-31-23-13-9-21-10-14-25(29)28-24(21)15-23/h2-15H,1,16-17H2,(H,28,29). The van der Waals surface area contributed by atoms with Crippen molar-refractivity contribution in [3.8, 4) is 16.9 Å². The molecule has 5 nitrogen and oxygen atoms in total. The number of hydrogen-bond acceptors (Lipinski definition) is 4. The van der Waals surface area contributed by atoms with Crippen molar-refractivity contribution in [3.63, 3.8) is 0 Å². The van der Waals surface area contributed by atoms with Crippen LogP contribution in [0.1, 0.15) is 12.0 Å². The number of cyclic esters (lactones) is 1. The van der Waals surface area contributed by atoms with Crippen LogP contribution in [0.25, 0.3) is 22.0 Å². The van der Waals surface area contributed by atoms with Gasteiger partial charge in [0.25, 0.3) is 0 Å². The number of rotatable bonds is 5. The lowest BCUT2D eigenvalue weighted by molar-refractivity contribution is -0.150. The van der Waals surface area contributed by atoms with E-state index in [-0.39, 0.29) is 12.2 Å². The van der Waals surface area contributed by atoms with Crippen LogP contribution in [0.2, 0.25) is 0 Å². The summed E-state index contributed by atoms with van der Waals surface area (Å²) < 4.78 is 11.9. The van der Waals surface area contributed by atoms with Crippen LogP contribution in [0.15, 0.2) is 102 Å². The molecule has 0 saturated carbocycles. The summed E-state index contributed by atoms with van der Waals surface area (Å²) >= 11 is 0. The molecule has 4 aromatic rings. The summed E-state index contributed by atoms with van der Waals surface area (Å²) in [6.45, 7) is 3.99. The molecule has 32 heavy (non-hydrogen) atoms. The molecular formula is C27H21NO4. The number of esters is 1. The Morgan fingerprint density at radius 3 is 2.34 bits per heavy atom. The molecule has 1 N–H and O–H groups in total. The van der Waals surface area contributed by atoms with Crippen LogP contribution in [0.4, 0.5) is 0 Å². The molecule has 0 radical (unpaired) electrons. The molecule has 3 aromatic carbocycles. The third kappa shape index (κ3) is 3.69. The van der Waals surface area contributed by atoms with Crippen LogP contribution in [0, 0.1) is 0 Å². The number of benzene rings is 3. The Bertz CT molecular complexity index is 1350. The zero-order chi connectivity index (χ0) is 22.1. The van der Waals surface area contributed by atoms with Crippen LogP contribution in [0.5, 0.6) is 5.75 Å². The van der Waals surface area contributed by atoms with Gasteiger partial charge in [0.2, 0.25) is 5.56 Å². The van der Waals surface area contributed by atoms with Crippen molar-refractivity contribution in [1.29, 1.82) is 0 Å². The van der Waals surface area contributed by atoms with Gasteiger partial charge in [-0.15, -0.1) is 0 Å². The molecule has 0 spiro atoms. The molecule has 1 aromatic heterocycles. The lowest BCUT2D eigenvalue weighted by atomic mass is 9.89. The van der Waals surface area contributed by atoms with Crippen LogP contribution in [-0.4, -0.2) is 17.6 Å². The van der Waals surface area contributed by atoms with E-state index in [4.69, 9.17) is 9.47 Å². The lowest BCUT2D eigenvalue weighted by Crippen LogP contribution is -2.33. The summed E-state index contributed by atoms with van der Waals surface area (Å²) in [6, 6.07) is 26.8. The first kappa shape index (κ1) is 19.8. The number of aromatic nitrogens is 1. The minimum absolute atomic E-state index is 0.130. The molecule has 5 rings (SSSR count). The molecule has 5 heteroatoms. The maximum absolute atomic E-state index is 12.3. The molecule has 0 aliphatic carbocycles. The van der Waals surface area contributed by atoms with Gasteiger partial charge in [-0.05, 0) is 40.3 Å². The van der Waals surface area contributed by atoms with Crippen LogP contribution < -0.4 is 10.3 Å². The third-order valence-electron chi connectivity index (χ3n) is 5.76. The highest BCUT2D eigenvalue weighted by Gasteiger charge is 2.45. The molecule has 1 aliphatic heterocycles. The largest absolute Gasteiger partial charge is 0.489 e. The topological polar surface area (TPSA) is 68.4 Å². The first-order valence-corrected chi connectivity index (χ1v) is 10.4. The van der Waals surface area contributed by atoms with E-state index < -0.39 is 11.6 Å². The van der Waals surface area contributed by atoms with E-state index in [1.165, 1.54) is 6.07 Å². The normalized spacial score (nSPS) is 18.0. The van der Waals surface area contributed by atoms with Crippen molar-refractivity contribution in [1.82, 2.24) is 4.98 Å². The summed E-state index contributed by atoms with van der Waals surface area (Å²) in [5.74, 6) is 0.164. The van der Waals surface area contributed by atoms with Gasteiger partial charge in [0.15, 0.2) is 5.60 Å².